The Morgan fingerprint density at radius 1 is 1.25 bits per heavy atom. The number of hydrogen-bond acceptors (Lipinski definition) is 4. The van der Waals surface area contributed by atoms with Crippen LogP contribution in [0.4, 0.5) is 13.2 Å². The predicted octanol–water partition coefficient (Wildman–Crippen LogP) is 2.80. The van der Waals surface area contributed by atoms with Crippen LogP contribution >= 0.6 is 11.6 Å². The van der Waals surface area contributed by atoms with Gasteiger partial charge in [0, 0.05) is 11.8 Å². The van der Waals surface area contributed by atoms with Gasteiger partial charge in [0.1, 0.15) is 5.15 Å². The van der Waals surface area contributed by atoms with E-state index in [0.717, 1.165) is 0 Å². The first kappa shape index (κ1) is 10.9. The monoisotopic (exact) mass is 249 g/mol. The SMILES string of the molecule is FC(F)(F)c1nc(-c2ccc(Cl)nc2)no1. The molecule has 0 atom stereocenters. The van der Waals surface area contributed by atoms with Crippen molar-refractivity contribution < 1.29 is 17.7 Å². The lowest BCUT2D eigenvalue weighted by Crippen LogP contribution is -2.04. The van der Waals surface area contributed by atoms with Crippen molar-refractivity contribution in [3.05, 3.63) is 29.4 Å². The predicted molar refractivity (Wildman–Crippen MR) is 47.5 cm³/mol. The number of alkyl halides is 3. The maximum Gasteiger partial charge on any atom is 0.471 e. The molecule has 2 rings (SSSR count). The van der Waals surface area contributed by atoms with E-state index in [1.54, 1.807) is 0 Å². The van der Waals surface area contributed by atoms with Gasteiger partial charge in [-0.25, -0.2) is 4.98 Å². The summed E-state index contributed by atoms with van der Waals surface area (Å²) >= 11 is 5.52. The summed E-state index contributed by atoms with van der Waals surface area (Å²) in [7, 11) is 0. The first-order valence-corrected chi connectivity index (χ1v) is 4.37. The van der Waals surface area contributed by atoms with Crippen LogP contribution in [0.3, 0.4) is 0 Å². The number of halogens is 4. The lowest BCUT2D eigenvalue weighted by Gasteiger charge is -1.96. The van der Waals surface area contributed by atoms with E-state index in [-0.39, 0.29) is 11.0 Å². The second-order valence-electron chi connectivity index (χ2n) is 2.79. The molecule has 84 valence electrons. The van der Waals surface area contributed by atoms with Crippen molar-refractivity contribution in [2.45, 2.75) is 6.18 Å². The average Bonchev–Trinajstić information content (AvgIpc) is 2.67. The minimum Gasteiger partial charge on any atom is -0.329 e. The van der Waals surface area contributed by atoms with Crippen LogP contribution in [0, 0.1) is 0 Å². The fourth-order valence-electron chi connectivity index (χ4n) is 0.964. The highest BCUT2D eigenvalue weighted by molar-refractivity contribution is 6.29. The van der Waals surface area contributed by atoms with E-state index >= 15 is 0 Å². The van der Waals surface area contributed by atoms with Gasteiger partial charge in [-0.3, -0.25) is 0 Å². The van der Waals surface area contributed by atoms with Gasteiger partial charge in [-0.15, -0.1) is 0 Å². The summed E-state index contributed by atoms with van der Waals surface area (Å²) in [6.07, 6.45) is -3.39. The summed E-state index contributed by atoms with van der Waals surface area (Å²) in [6, 6.07) is 2.86. The fraction of sp³-hybridized carbons (Fsp3) is 0.125. The second kappa shape index (κ2) is 3.75. The molecule has 0 saturated heterocycles. The normalized spacial score (nSPS) is 11.8. The van der Waals surface area contributed by atoms with Gasteiger partial charge in [-0.2, -0.15) is 18.2 Å². The Kier molecular flexibility index (Phi) is 2.55. The summed E-state index contributed by atoms with van der Waals surface area (Å²) in [4.78, 5) is 6.89. The largest absolute Gasteiger partial charge is 0.471 e. The van der Waals surface area contributed by atoms with Crippen LogP contribution in [-0.4, -0.2) is 15.1 Å². The van der Waals surface area contributed by atoms with Crippen LogP contribution in [0.5, 0.6) is 0 Å². The third kappa shape index (κ3) is 2.13. The molecule has 0 fully saturated rings. The summed E-state index contributed by atoms with van der Waals surface area (Å²) in [6.45, 7) is 0. The van der Waals surface area contributed by atoms with E-state index < -0.39 is 12.1 Å². The minimum absolute atomic E-state index is 0.184. The van der Waals surface area contributed by atoms with Crippen LogP contribution in [0.25, 0.3) is 11.4 Å². The molecular formula is C8H3ClF3N3O. The Balaban J connectivity index is 2.35. The minimum atomic E-state index is -4.65. The van der Waals surface area contributed by atoms with Crippen molar-refractivity contribution in [3.8, 4) is 11.4 Å². The van der Waals surface area contributed by atoms with Gasteiger partial charge in [0.15, 0.2) is 0 Å². The maximum absolute atomic E-state index is 12.1. The summed E-state index contributed by atoms with van der Waals surface area (Å²) in [5.41, 5.74) is 0.295. The van der Waals surface area contributed by atoms with E-state index in [4.69, 9.17) is 11.6 Å². The number of hydrogen-bond donors (Lipinski definition) is 0. The number of aromatic nitrogens is 3. The molecule has 0 amide bonds. The van der Waals surface area contributed by atoms with Crippen molar-refractivity contribution in [1.82, 2.24) is 15.1 Å². The molecule has 0 N–H and O–H groups in total. The zero-order chi connectivity index (χ0) is 11.8. The van der Waals surface area contributed by atoms with Gasteiger partial charge in [0.05, 0.1) is 0 Å². The second-order valence-corrected chi connectivity index (χ2v) is 3.18. The van der Waals surface area contributed by atoms with E-state index in [0.29, 0.717) is 5.56 Å². The first-order chi connectivity index (χ1) is 7.47. The van der Waals surface area contributed by atoms with Crippen molar-refractivity contribution >= 4 is 11.6 Å². The molecule has 0 unspecified atom stereocenters. The third-order valence-corrected chi connectivity index (χ3v) is 1.88. The molecule has 2 heterocycles. The molecule has 0 bridgehead atoms. The number of nitrogens with zero attached hydrogens (tertiary/aromatic N) is 3. The molecular weight excluding hydrogens is 247 g/mol. The molecule has 0 radical (unpaired) electrons. The molecule has 16 heavy (non-hydrogen) atoms. The van der Waals surface area contributed by atoms with Crippen LogP contribution < -0.4 is 0 Å². The molecule has 0 aromatic carbocycles. The van der Waals surface area contributed by atoms with E-state index in [2.05, 4.69) is 19.6 Å². The fourth-order valence-corrected chi connectivity index (χ4v) is 1.08. The highest BCUT2D eigenvalue weighted by atomic mass is 35.5. The topological polar surface area (TPSA) is 51.8 Å². The summed E-state index contributed by atoms with van der Waals surface area (Å²) < 4.78 is 40.5. The molecule has 0 spiro atoms. The van der Waals surface area contributed by atoms with Crippen LogP contribution in [-0.2, 0) is 6.18 Å². The number of rotatable bonds is 1. The zero-order valence-electron chi connectivity index (χ0n) is 7.49. The standard InChI is InChI=1S/C8H3ClF3N3O/c9-5-2-1-4(3-13-5)6-14-7(16-15-6)8(10,11)12/h1-3H. The summed E-state index contributed by atoms with van der Waals surface area (Å²) in [5, 5.41) is 3.42. The Hall–Kier alpha value is -1.63. The average molecular weight is 250 g/mol. The van der Waals surface area contributed by atoms with Gasteiger partial charge >= 0.3 is 12.1 Å². The van der Waals surface area contributed by atoms with Gasteiger partial charge < -0.3 is 4.52 Å². The molecule has 0 aliphatic heterocycles. The smallest absolute Gasteiger partial charge is 0.329 e. The van der Waals surface area contributed by atoms with Crippen molar-refractivity contribution in [2.24, 2.45) is 0 Å². The van der Waals surface area contributed by atoms with E-state index in [1.807, 2.05) is 0 Å². The van der Waals surface area contributed by atoms with Gasteiger partial charge in [0.25, 0.3) is 0 Å². The van der Waals surface area contributed by atoms with Gasteiger partial charge in [-0.1, -0.05) is 16.8 Å². The Labute approximate surface area is 92.1 Å². The highest BCUT2D eigenvalue weighted by Gasteiger charge is 2.38. The van der Waals surface area contributed by atoms with Crippen LogP contribution in [0.1, 0.15) is 5.89 Å². The van der Waals surface area contributed by atoms with Gasteiger partial charge in [-0.05, 0) is 12.1 Å². The Bertz CT molecular complexity index is 494. The molecule has 0 saturated carbocycles. The first-order valence-electron chi connectivity index (χ1n) is 3.99. The van der Waals surface area contributed by atoms with Crippen molar-refractivity contribution in [2.75, 3.05) is 0 Å². The molecule has 2 aromatic rings. The third-order valence-electron chi connectivity index (χ3n) is 1.65. The van der Waals surface area contributed by atoms with Crippen LogP contribution in [0.2, 0.25) is 5.15 Å². The van der Waals surface area contributed by atoms with Gasteiger partial charge in [0.2, 0.25) is 5.82 Å². The maximum atomic E-state index is 12.1. The molecule has 2 aromatic heterocycles. The summed E-state index contributed by atoms with van der Waals surface area (Å²) in [5.74, 6) is -1.58. The quantitative estimate of drug-likeness (QED) is 0.729. The molecule has 0 aliphatic rings. The number of pyridine rings is 1. The van der Waals surface area contributed by atoms with E-state index in [9.17, 15) is 13.2 Å². The van der Waals surface area contributed by atoms with Crippen molar-refractivity contribution in [3.63, 3.8) is 0 Å². The molecule has 4 nitrogen and oxygen atoms in total. The zero-order valence-corrected chi connectivity index (χ0v) is 8.25. The highest BCUT2D eigenvalue weighted by Crippen LogP contribution is 2.29. The molecule has 8 heteroatoms. The van der Waals surface area contributed by atoms with Crippen molar-refractivity contribution in [1.29, 1.82) is 0 Å². The van der Waals surface area contributed by atoms with Crippen LogP contribution in [0.15, 0.2) is 22.9 Å². The lowest BCUT2D eigenvalue weighted by atomic mass is 10.3. The molecule has 0 aliphatic carbocycles. The Morgan fingerprint density at radius 2 is 2.00 bits per heavy atom. The Morgan fingerprint density at radius 3 is 2.50 bits per heavy atom. The lowest BCUT2D eigenvalue weighted by molar-refractivity contribution is -0.159. The van der Waals surface area contributed by atoms with E-state index in [1.165, 1.54) is 18.3 Å².